The minimum absolute atomic E-state index is 0.0139. The quantitative estimate of drug-likeness (QED) is 0.670. The Balaban J connectivity index is 1.22. The van der Waals surface area contributed by atoms with Crippen molar-refractivity contribution in [1.29, 1.82) is 0 Å². The smallest absolute Gasteiger partial charge is 0.321 e. The minimum atomic E-state index is -0.242. The van der Waals surface area contributed by atoms with Gasteiger partial charge in [-0.15, -0.1) is 0 Å². The van der Waals surface area contributed by atoms with Gasteiger partial charge in [0.1, 0.15) is 0 Å². The molecule has 5 rings (SSSR count). The van der Waals surface area contributed by atoms with Crippen LogP contribution < -0.4 is 10.2 Å². The zero-order chi connectivity index (χ0) is 22.9. The Bertz CT molecular complexity index is 1090. The third-order valence-electron chi connectivity index (χ3n) is 6.85. The molecule has 2 heterocycles. The van der Waals surface area contributed by atoms with E-state index in [0.717, 1.165) is 37.8 Å². The molecule has 33 heavy (non-hydrogen) atoms. The van der Waals surface area contributed by atoms with Gasteiger partial charge in [0.25, 0.3) is 11.8 Å². The van der Waals surface area contributed by atoms with Crippen LogP contribution in [0.5, 0.6) is 0 Å². The van der Waals surface area contributed by atoms with Gasteiger partial charge in [-0.1, -0.05) is 36.9 Å². The number of hydrogen-bond acceptors (Lipinski definition) is 4. The van der Waals surface area contributed by atoms with Gasteiger partial charge in [-0.3, -0.25) is 14.5 Å². The van der Waals surface area contributed by atoms with Crippen LogP contribution in [0.2, 0.25) is 5.02 Å². The number of halogens is 1. The molecule has 0 radical (unpaired) electrons. The van der Waals surface area contributed by atoms with E-state index >= 15 is 0 Å². The van der Waals surface area contributed by atoms with E-state index in [9.17, 15) is 14.4 Å². The Kier molecular flexibility index (Phi) is 5.98. The van der Waals surface area contributed by atoms with Gasteiger partial charge in [0.05, 0.1) is 11.1 Å². The lowest BCUT2D eigenvalue weighted by Gasteiger charge is -2.36. The first-order valence-corrected chi connectivity index (χ1v) is 12.0. The highest BCUT2D eigenvalue weighted by Gasteiger charge is 2.40. The van der Waals surface area contributed by atoms with Gasteiger partial charge in [-0.05, 0) is 49.2 Å². The maximum absolute atomic E-state index is 13.0. The van der Waals surface area contributed by atoms with Crippen LogP contribution in [-0.4, -0.2) is 59.9 Å². The van der Waals surface area contributed by atoms with Crippen LogP contribution in [0.15, 0.2) is 42.5 Å². The van der Waals surface area contributed by atoms with Crippen molar-refractivity contribution in [2.45, 2.75) is 38.1 Å². The van der Waals surface area contributed by atoms with Gasteiger partial charge < -0.3 is 15.1 Å². The molecule has 0 atom stereocenters. The molecule has 172 valence electrons. The Hall–Kier alpha value is -3.06. The Morgan fingerprint density at radius 1 is 0.879 bits per heavy atom. The number of anilines is 2. The maximum atomic E-state index is 13.0. The molecule has 1 saturated carbocycles. The van der Waals surface area contributed by atoms with E-state index in [4.69, 9.17) is 11.6 Å². The van der Waals surface area contributed by atoms with Crippen molar-refractivity contribution in [2.24, 2.45) is 0 Å². The lowest BCUT2D eigenvalue weighted by atomic mass is 9.94. The van der Waals surface area contributed by atoms with Crippen molar-refractivity contribution in [3.05, 3.63) is 58.6 Å². The fraction of sp³-hybridized carbons (Fsp3) is 0.400. The minimum Gasteiger partial charge on any atom is -0.368 e. The molecule has 0 aromatic heterocycles. The van der Waals surface area contributed by atoms with Crippen LogP contribution in [0.25, 0.3) is 0 Å². The van der Waals surface area contributed by atoms with Crippen molar-refractivity contribution in [2.75, 3.05) is 36.4 Å². The number of hydrogen-bond donors (Lipinski definition) is 1. The van der Waals surface area contributed by atoms with Crippen LogP contribution >= 0.6 is 11.6 Å². The summed E-state index contributed by atoms with van der Waals surface area (Å²) >= 11 is 6.10. The highest BCUT2D eigenvalue weighted by molar-refractivity contribution is 6.30. The normalized spacial score (nSPS) is 19.1. The van der Waals surface area contributed by atoms with E-state index < -0.39 is 0 Å². The molecule has 2 aliphatic heterocycles. The zero-order valence-corrected chi connectivity index (χ0v) is 19.2. The van der Waals surface area contributed by atoms with E-state index in [1.807, 2.05) is 24.3 Å². The summed E-state index contributed by atoms with van der Waals surface area (Å²) < 4.78 is 0. The Labute approximate surface area is 198 Å². The van der Waals surface area contributed by atoms with Crippen molar-refractivity contribution >= 4 is 40.8 Å². The highest BCUT2D eigenvalue weighted by Crippen LogP contribution is 2.32. The van der Waals surface area contributed by atoms with Crippen molar-refractivity contribution < 1.29 is 14.4 Å². The zero-order valence-electron chi connectivity index (χ0n) is 18.4. The molecule has 4 amide bonds. The van der Waals surface area contributed by atoms with Crippen LogP contribution in [0.3, 0.4) is 0 Å². The number of piperazine rings is 1. The summed E-state index contributed by atoms with van der Waals surface area (Å²) in [5.74, 6) is -0.454. The predicted molar refractivity (Wildman–Crippen MR) is 128 cm³/mol. The number of urea groups is 1. The van der Waals surface area contributed by atoms with Crippen LogP contribution in [0, 0.1) is 0 Å². The first-order valence-electron chi connectivity index (χ1n) is 11.6. The first-order chi connectivity index (χ1) is 16.0. The molecular formula is C25H27ClN4O3. The molecular weight excluding hydrogens is 440 g/mol. The number of benzene rings is 2. The highest BCUT2D eigenvalue weighted by atomic mass is 35.5. The molecule has 2 fully saturated rings. The Morgan fingerprint density at radius 3 is 2.33 bits per heavy atom. The average molecular weight is 467 g/mol. The molecule has 0 bridgehead atoms. The molecule has 1 aliphatic carbocycles. The van der Waals surface area contributed by atoms with Gasteiger partial charge in [-0.2, -0.15) is 0 Å². The number of nitrogens with zero attached hydrogens (tertiary/aromatic N) is 3. The number of rotatable bonds is 3. The fourth-order valence-corrected chi connectivity index (χ4v) is 5.24. The number of nitrogens with one attached hydrogen (secondary N) is 1. The van der Waals surface area contributed by atoms with E-state index in [1.54, 1.807) is 23.1 Å². The number of carbonyl (C=O) groups excluding carboxylic acids is 3. The molecule has 0 spiro atoms. The average Bonchev–Trinajstić information content (AvgIpc) is 3.09. The molecule has 2 aromatic rings. The maximum Gasteiger partial charge on any atom is 0.321 e. The Morgan fingerprint density at radius 2 is 1.61 bits per heavy atom. The second-order valence-electron chi connectivity index (χ2n) is 8.92. The van der Waals surface area contributed by atoms with E-state index in [-0.39, 0.29) is 23.9 Å². The summed E-state index contributed by atoms with van der Waals surface area (Å²) in [7, 11) is 0. The monoisotopic (exact) mass is 466 g/mol. The summed E-state index contributed by atoms with van der Waals surface area (Å²) in [6, 6.07) is 12.5. The van der Waals surface area contributed by atoms with Crippen LogP contribution in [-0.2, 0) is 0 Å². The standard InChI is InChI=1S/C25H27ClN4O3/c26-17-5-4-8-20(15-17)28-11-13-29(14-12-28)25(33)27-18-9-10-21-22(16-18)24(32)30(23(21)31)19-6-2-1-3-7-19/h4-5,8-10,15-16,19H,1-3,6-7,11-14H2,(H,27,33). The molecule has 8 heteroatoms. The van der Waals surface area contributed by atoms with Crippen LogP contribution in [0.4, 0.5) is 16.2 Å². The lowest BCUT2D eigenvalue weighted by molar-refractivity contribution is 0.0549. The van der Waals surface area contributed by atoms with Gasteiger partial charge in [0, 0.05) is 48.6 Å². The predicted octanol–water partition coefficient (Wildman–Crippen LogP) is 4.62. The second kappa shape index (κ2) is 9.06. The molecule has 0 unspecified atom stereocenters. The van der Waals surface area contributed by atoms with Gasteiger partial charge in [0.15, 0.2) is 0 Å². The second-order valence-corrected chi connectivity index (χ2v) is 9.35. The molecule has 1 saturated heterocycles. The van der Waals surface area contributed by atoms with Crippen molar-refractivity contribution in [1.82, 2.24) is 9.80 Å². The van der Waals surface area contributed by atoms with E-state index in [0.29, 0.717) is 48.0 Å². The largest absolute Gasteiger partial charge is 0.368 e. The third kappa shape index (κ3) is 4.29. The fourth-order valence-electron chi connectivity index (χ4n) is 5.05. The van der Waals surface area contributed by atoms with Crippen LogP contribution in [0.1, 0.15) is 52.8 Å². The number of imide groups is 1. The lowest BCUT2D eigenvalue weighted by Crippen LogP contribution is -2.50. The van der Waals surface area contributed by atoms with Crippen molar-refractivity contribution in [3.8, 4) is 0 Å². The number of carbonyl (C=O) groups is 3. The molecule has 3 aliphatic rings. The van der Waals surface area contributed by atoms with Gasteiger partial charge in [-0.25, -0.2) is 4.79 Å². The first kappa shape index (κ1) is 21.8. The summed E-state index contributed by atoms with van der Waals surface area (Å²) in [6.07, 6.45) is 4.99. The molecule has 2 aromatic carbocycles. The number of fused-ring (bicyclic) bond motifs is 1. The topological polar surface area (TPSA) is 73.0 Å². The van der Waals surface area contributed by atoms with E-state index in [2.05, 4.69) is 10.2 Å². The SMILES string of the molecule is O=C(Nc1ccc2c(c1)C(=O)N(C1CCCCC1)C2=O)N1CCN(c2cccc(Cl)c2)CC1. The third-order valence-corrected chi connectivity index (χ3v) is 7.08. The summed E-state index contributed by atoms with van der Waals surface area (Å²) in [6.45, 7) is 2.58. The van der Waals surface area contributed by atoms with Crippen molar-refractivity contribution in [3.63, 3.8) is 0 Å². The summed E-state index contributed by atoms with van der Waals surface area (Å²) in [5, 5.41) is 3.59. The molecule has 1 N–H and O–H groups in total. The number of amides is 4. The molecule has 7 nitrogen and oxygen atoms in total. The summed E-state index contributed by atoms with van der Waals surface area (Å²) in [5.41, 5.74) is 2.39. The van der Waals surface area contributed by atoms with Gasteiger partial charge in [0.2, 0.25) is 0 Å². The summed E-state index contributed by atoms with van der Waals surface area (Å²) in [4.78, 5) is 44.1. The van der Waals surface area contributed by atoms with E-state index in [1.165, 1.54) is 4.90 Å². The van der Waals surface area contributed by atoms with Gasteiger partial charge >= 0.3 is 6.03 Å².